The lowest BCUT2D eigenvalue weighted by molar-refractivity contribution is -0.162. The molecule has 0 radical (unpaired) electrons. The van der Waals surface area contributed by atoms with Crippen LogP contribution >= 0.6 is 0 Å². The lowest BCUT2D eigenvalue weighted by atomic mass is 10.1. The zero-order valence-electron chi connectivity index (χ0n) is 10.5. The maximum Gasteiger partial charge on any atom is 0.401 e. The molecule has 1 aromatic heterocycles. The molecule has 1 fully saturated rings. The molecule has 4 nitrogen and oxygen atoms in total. The minimum Gasteiger partial charge on any atom is -0.465 e. The number of nitrogens with zero attached hydrogens (tertiary/aromatic N) is 1. The number of hydrogen-bond donors (Lipinski definition) is 1. The monoisotopic (exact) mass is 284 g/mol. The molecule has 7 heteroatoms. The Hall–Kier alpha value is -2.05. The Balaban J connectivity index is 2.06. The molecule has 1 aliphatic rings. The van der Waals surface area contributed by atoms with E-state index in [4.69, 9.17) is 0 Å². The minimum absolute atomic E-state index is 0.0418. The van der Waals surface area contributed by atoms with Crippen molar-refractivity contribution in [2.45, 2.75) is 24.4 Å². The summed E-state index contributed by atoms with van der Waals surface area (Å²) in [6, 6.07) is 4.45. The average molecular weight is 284 g/mol. The Bertz CT molecular complexity index is 686. The van der Waals surface area contributed by atoms with E-state index in [0.717, 1.165) is 0 Å². The molecule has 1 heterocycles. The van der Waals surface area contributed by atoms with Crippen LogP contribution in [0.3, 0.4) is 0 Å². The topological polar surface area (TPSA) is 55.0 Å². The van der Waals surface area contributed by atoms with E-state index in [1.165, 1.54) is 25.3 Å². The van der Waals surface area contributed by atoms with Crippen molar-refractivity contribution >= 4 is 17.0 Å². The van der Waals surface area contributed by atoms with Crippen molar-refractivity contribution in [3.63, 3.8) is 0 Å². The number of alkyl halides is 3. The number of nitrogens with one attached hydrogen (secondary N) is 1. The van der Waals surface area contributed by atoms with Gasteiger partial charge in [-0.3, -0.25) is 0 Å². The second kappa shape index (κ2) is 3.97. The van der Waals surface area contributed by atoms with E-state index in [1.807, 2.05) is 0 Å². The first-order valence-electron chi connectivity index (χ1n) is 6.03. The summed E-state index contributed by atoms with van der Waals surface area (Å²) in [6.07, 6.45) is -4.23. The van der Waals surface area contributed by atoms with Crippen LogP contribution in [0.2, 0.25) is 0 Å². The van der Waals surface area contributed by atoms with E-state index in [-0.39, 0.29) is 24.2 Å². The maximum absolute atomic E-state index is 13.0. The smallest absolute Gasteiger partial charge is 0.401 e. The first-order chi connectivity index (χ1) is 9.37. The second-order valence-electron chi connectivity index (χ2n) is 4.89. The Kier molecular flexibility index (Phi) is 2.57. The van der Waals surface area contributed by atoms with Gasteiger partial charge in [0.2, 0.25) is 0 Å². The molecule has 1 saturated carbocycles. The van der Waals surface area contributed by atoms with Gasteiger partial charge in [0.25, 0.3) is 0 Å². The number of carbonyl (C=O) groups is 1. The first kappa shape index (κ1) is 13.0. The minimum atomic E-state index is -4.31. The number of methoxy groups -OCH3 is 1. The van der Waals surface area contributed by atoms with Crippen LogP contribution in [-0.4, -0.2) is 29.2 Å². The van der Waals surface area contributed by atoms with Crippen LogP contribution in [0.15, 0.2) is 18.2 Å². The van der Waals surface area contributed by atoms with Gasteiger partial charge in [-0.25, -0.2) is 9.78 Å². The fourth-order valence-electron chi connectivity index (χ4n) is 2.26. The molecule has 0 aliphatic heterocycles. The number of ether oxygens (including phenoxy) is 1. The molecule has 0 bridgehead atoms. The SMILES string of the molecule is COC(=O)c1ccc2[nH]c(C3(C(F)(F)F)CC3)nc2c1. The number of aromatic nitrogens is 2. The van der Waals surface area contributed by atoms with E-state index in [0.29, 0.717) is 11.0 Å². The molecular formula is C13H11F3N2O2. The molecule has 20 heavy (non-hydrogen) atoms. The van der Waals surface area contributed by atoms with Gasteiger partial charge < -0.3 is 9.72 Å². The molecule has 0 saturated heterocycles. The third-order valence-corrected chi connectivity index (χ3v) is 3.65. The number of H-pyrrole nitrogens is 1. The van der Waals surface area contributed by atoms with Gasteiger partial charge in [-0.2, -0.15) is 13.2 Å². The average Bonchev–Trinajstić information content (AvgIpc) is 3.11. The molecular weight excluding hydrogens is 273 g/mol. The summed E-state index contributed by atoms with van der Waals surface area (Å²) in [4.78, 5) is 18.1. The summed E-state index contributed by atoms with van der Waals surface area (Å²) in [5.41, 5.74) is -0.784. The Morgan fingerprint density at radius 2 is 2.10 bits per heavy atom. The number of rotatable bonds is 2. The summed E-state index contributed by atoms with van der Waals surface area (Å²) >= 11 is 0. The van der Waals surface area contributed by atoms with Crippen molar-refractivity contribution in [3.8, 4) is 0 Å². The van der Waals surface area contributed by atoms with Gasteiger partial charge in [-0.1, -0.05) is 0 Å². The summed E-state index contributed by atoms with van der Waals surface area (Å²) in [7, 11) is 1.24. The molecule has 1 aromatic carbocycles. The molecule has 106 valence electrons. The van der Waals surface area contributed by atoms with Crippen molar-refractivity contribution in [2.75, 3.05) is 7.11 Å². The number of aromatic amines is 1. The number of hydrogen-bond acceptors (Lipinski definition) is 3. The Morgan fingerprint density at radius 3 is 2.65 bits per heavy atom. The van der Waals surface area contributed by atoms with Crippen molar-refractivity contribution in [2.24, 2.45) is 0 Å². The highest BCUT2D eigenvalue weighted by molar-refractivity contribution is 5.93. The van der Waals surface area contributed by atoms with E-state index in [9.17, 15) is 18.0 Å². The predicted molar refractivity (Wildman–Crippen MR) is 64.4 cm³/mol. The molecule has 0 spiro atoms. The molecule has 1 aliphatic carbocycles. The zero-order valence-corrected chi connectivity index (χ0v) is 10.5. The van der Waals surface area contributed by atoms with E-state index in [2.05, 4.69) is 14.7 Å². The van der Waals surface area contributed by atoms with Gasteiger partial charge in [-0.05, 0) is 31.0 Å². The maximum atomic E-state index is 13.0. The summed E-state index contributed by atoms with van der Waals surface area (Å²) in [5, 5.41) is 0. The Labute approximate surface area is 111 Å². The van der Waals surface area contributed by atoms with Gasteiger partial charge >= 0.3 is 12.1 Å². The van der Waals surface area contributed by atoms with Crippen LogP contribution in [0.1, 0.15) is 29.0 Å². The lowest BCUT2D eigenvalue weighted by Crippen LogP contribution is -2.29. The highest BCUT2D eigenvalue weighted by atomic mass is 19.4. The number of halogens is 3. The first-order valence-corrected chi connectivity index (χ1v) is 6.03. The van der Waals surface area contributed by atoms with Crippen LogP contribution in [-0.2, 0) is 10.2 Å². The van der Waals surface area contributed by atoms with Gasteiger partial charge in [0.05, 0.1) is 23.7 Å². The molecule has 1 N–H and O–H groups in total. The Morgan fingerprint density at radius 1 is 1.40 bits per heavy atom. The van der Waals surface area contributed by atoms with Crippen LogP contribution < -0.4 is 0 Å². The molecule has 3 rings (SSSR count). The van der Waals surface area contributed by atoms with E-state index < -0.39 is 17.6 Å². The summed E-state index contributed by atoms with van der Waals surface area (Å²) in [5.74, 6) is -0.629. The van der Waals surface area contributed by atoms with Crippen molar-refractivity contribution < 1.29 is 22.7 Å². The zero-order chi connectivity index (χ0) is 14.5. The number of benzene rings is 1. The van der Waals surface area contributed by atoms with Crippen molar-refractivity contribution in [3.05, 3.63) is 29.6 Å². The van der Waals surface area contributed by atoms with Crippen LogP contribution in [0, 0.1) is 0 Å². The second-order valence-corrected chi connectivity index (χ2v) is 4.89. The van der Waals surface area contributed by atoms with E-state index >= 15 is 0 Å². The third-order valence-electron chi connectivity index (χ3n) is 3.65. The van der Waals surface area contributed by atoms with Gasteiger partial charge in [0.1, 0.15) is 11.2 Å². The summed E-state index contributed by atoms with van der Waals surface area (Å²) < 4.78 is 43.7. The molecule has 0 amide bonds. The molecule has 0 atom stereocenters. The van der Waals surface area contributed by atoms with Crippen molar-refractivity contribution in [1.29, 1.82) is 0 Å². The quantitative estimate of drug-likeness (QED) is 0.863. The standard InChI is InChI=1S/C13H11F3N2O2/c1-20-10(19)7-2-3-8-9(6-7)18-11(17-8)12(4-5-12)13(14,15)16/h2-3,6H,4-5H2,1H3,(H,17,18). The molecule has 2 aromatic rings. The fourth-order valence-corrected chi connectivity index (χ4v) is 2.26. The van der Waals surface area contributed by atoms with Crippen LogP contribution in [0.5, 0.6) is 0 Å². The lowest BCUT2D eigenvalue weighted by Gasteiger charge is -2.16. The normalized spacial score (nSPS) is 17.2. The van der Waals surface area contributed by atoms with Crippen molar-refractivity contribution in [1.82, 2.24) is 9.97 Å². The van der Waals surface area contributed by atoms with Gasteiger partial charge in [0, 0.05) is 0 Å². The third kappa shape index (κ3) is 1.76. The summed E-state index contributed by atoms with van der Waals surface area (Å²) in [6.45, 7) is 0. The van der Waals surface area contributed by atoms with E-state index in [1.54, 1.807) is 0 Å². The fraction of sp³-hybridized carbons (Fsp3) is 0.385. The largest absolute Gasteiger partial charge is 0.465 e. The van der Waals surface area contributed by atoms with Gasteiger partial charge in [0.15, 0.2) is 0 Å². The number of fused-ring (bicyclic) bond motifs is 1. The molecule has 0 unspecified atom stereocenters. The highest BCUT2D eigenvalue weighted by Crippen LogP contribution is 2.58. The highest BCUT2D eigenvalue weighted by Gasteiger charge is 2.66. The number of esters is 1. The van der Waals surface area contributed by atoms with Crippen LogP contribution in [0.4, 0.5) is 13.2 Å². The number of imidazole rings is 1. The van der Waals surface area contributed by atoms with Crippen LogP contribution in [0.25, 0.3) is 11.0 Å². The van der Waals surface area contributed by atoms with Gasteiger partial charge in [-0.15, -0.1) is 0 Å². The number of carbonyl (C=O) groups excluding carboxylic acids is 1. The predicted octanol–water partition coefficient (Wildman–Crippen LogP) is 2.94.